The molecule has 3 amide bonds. The van der Waals surface area contributed by atoms with E-state index in [9.17, 15) is 14.4 Å². The first-order chi connectivity index (χ1) is 14.1. The van der Waals surface area contributed by atoms with Crippen molar-refractivity contribution < 1.29 is 14.4 Å². The molecule has 0 saturated carbocycles. The number of anilines is 1. The monoisotopic (exact) mass is 391 g/mol. The maximum Gasteiger partial charge on any atom is 0.251 e. The third-order valence-corrected chi connectivity index (χ3v) is 5.64. The Morgan fingerprint density at radius 1 is 0.966 bits per heavy atom. The summed E-state index contributed by atoms with van der Waals surface area (Å²) in [5.74, 6) is -0.685. The number of benzene rings is 2. The van der Waals surface area contributed by atoms with Gasteiger partial charge in [0.2, 0.25) is 11.8 Å². The van der Waals surface area contributed by atoms with Crippen molar-refractivity contribution >= 4 is 23.4 Å². The number of amides is 3. The minimum absolute atomic E-state index is 0.0134. The Labute approximate surface area is 170 Å². The number of hydrogen-bond acceptors (Lipinski definition) is 3. The summed E-state index contributed by atoms with van der Waals surface area (Å²) >= 11 is 0. The fraction of sp³-hybridized carbons (Fsp3) is 0.348. The molecule has 1 aliphatic heterocycles. The second-order valence-corrected chi connectivity index (χ2v) is 7.62. The summed E-state index contributed by atoms with van der Waals surface area (Å²) in [4.78, 5) is 38.6. The predicted molar refractivity (Wildman–Crippen MR) is 111 cm³/mol. The molecule has 6 nitrogen and oxygen atoms in total. The Hall–Kier alpha value is -3.15. The van der Waals surface area contributed by atoms with Gasteiger partial charge >= 0.3 is 0 Å². The van der Waals surface area contributed by atoms with E-state index in [1.54, 1.807) is 29.2 Å². The van der Waals surface area contributed by atoms with E-state index in [-0.39, 0.29) is 30.1 Å². The number of rotatable bonds is 6. The molecule has 0 bridgehead atoms. The van der Waals surface area contributed by atoms with Crippen LogP contribution in [-0.4, -0.2) is 37.4 Å². The van der Waals surface area contributed by atoms with Gasteiger partial charge in [0.05, 0.1) is 5.92 Å². The summed E-state index contributed by atoms with van der Waals surface area (Å²) in [6.45, 7) is 1.08. The molecule has 2 aliphatic rings. The van der Waals surface area contributed by atoms with Crippen LogP contribution in [0.4, 0.5) is 5.69 Å². The van der Waals surface area contributed by atoms with Gasteiger partial charge in [0, 0.05) is 37.3 Å². The SMILES string of the molecule is O=C(NCCNC(=O)C1CC(=O)N(c2ccc3c(c2)CCC3)C1)c1ccccc1. The Kier molecular flexibility index (Phi) is 5.60. The van der Waals surface area contributed by atoms with Gasteiger partial charge in [-0.3, -0.25) is 14.4 Å². The van der Waals surface area contributed by atoms with E-state index in [4.69, 9.17) is 0 Å². The molecule has 1 atom stereocenters. The smallest absolute Gasteiger partial charge is 0.251 e. The number of aryl methyl sites for hydroxylation is 2. The molecule has 0 spiro atoms. The summed E-state index contributed by atoms with van der Waals surface area (Å²) in [6.07, 6.45) is 3.55. The first-order valence-corrected chi connectivity index (χ1v) is 10.1. The molecule has 150 valence electrons. The standard InChI is InChI=1S/C23H25N3O3/c27-21-14-19(15-26(21)20-10-9-16-7-4-8-18(16)13-20)23(29)25-12-11-24-22(28)17-5-2-1-3-6-17/h1-3,5-6,9-10,13,19H,4,7-8,11-12,14-15H2,(H,24,28)(H,25,29). The normalized spacial score (nSPS) is 17.9. The fourth-order valence-electron chi connectivity index (χ4n) is 4.06. The second-order valence-electron chi connectivity index (χ2n) is 7.62. The first-order valence-electron chi connectivity index (χ1n) is 10.1. The van der Waals surface area contributed by atoms with E-state index in [0.717, 1.165) is 18.5 Å². The third-order valence-electron chi connectivity index (χ3n) is 5.64. The van der Waals surface area contributed by atoms with Crippen LogP contribution in [-0.2, 0) is 22.4 Å². The zero-order valence-electron chi connectivity index (χ0n) is 16.3. The molecule has 4 rings (SSSR count). The summed E-state index contributed by atoms with van der Waals surface area (Å²) in [7, 11) is 0. The molecule has 0 aromatic heterocycles. The fourth-order valence-corrected chi connectivity index (χ4v) is 4.06. The molecule has 2 aromatic rings. The second kappa shape index (κ2) is 8.47. The average molecular weight is 391 g/mol. The number of nitrogens with zero attached hydrogens (tertiary/aromatic N) is 1. The number of fused-ring (bicyclic) bond motifs is 1. The van der Waals surface area contributed by atoms with Gasteiger partial charge in [-0.15, -0.1) is 0 Å². The molecule has 1 heterocycles. The highest BCUT2D eigenvalue weighted by atomic mass is 16.2. The first kappa shape index (κ1) is 19.2. The van der Waals surface area contributed by atoms with Gasteiger partial charge in [-0.2, -0.15) is 0 Å². The highest BCUT2D eigenvalue weighted by Gasteiger charge is 2.35. The number of carbonyl (C=O) groups is 3. The zero-order chi connectivity index (χ0) is 20.2. The minimum Gasteiger partial charge on any atom is -0.354 e. The Morgan fingerprint density at radius 2 is 1.72 bits per heavy atom. The van der Waals surface area contributed by atoms with Crippen LogP contribution < -0.4 is 15.5 Å². The summed E-state index contributed by atoms with van der Waals surface area (Å²) in [6, 6.07) is 15.1. The number of hydrogen-bond donors (Lipinski definition) is 2. The van der Waals surface area contributed by atoms with Crippen LogP contribution in [0.5, 0.6) is 0 Å². The van der Waals surface area contributed by atoms with Gasteiger partial charge in [0.25, 0.3) is 5.91 Å². The lowest BCUT2D eigenvalue weighted by molar-refractivity contribution is -0.126. The highest BCUT2D eigenvalue weighted by molar-refractivity contribution is 6.00. The molecule has 1 unspecified atom stereocenters. The number of carbonyl (C=O) groups excluding carboxylic acids is 3. The predicted octanol–water partition coefficient (Wildman–Crippen LogP) is 2.07. The van der Waals surface area contributed by atoms with Crippen LogP contribution >= 0.6 is 0 Å². The van der Waals surface area contributed by atoms with Gasteiger partial charge in [-0.05, 0) is 54.7 Å². The zero-order valence-corrected chi connectivity index (χ0v) is 16.3. The largest absolute Gasteiger partial charge is 0.354 e. The van der Waals surface area contributed by atoms with E-state index >= 15 is 0 Å². The highest BCUT2D eigenvalue weighted by Crippen LogP contribution is 2.30. The molecule has 0 radical (unpaired) electrons. The van der Waals surface area contributed by atoms with Crippen LogP contribution in [0, 0.1) is 5.92 Å². The average Bonchev–Trinajstić information content (AvgIpc) is 3.37. The maximum atomic E-state index is 12.5. The molecule has 6 heteroatoms. The lowest BCUT2D eigenvalue weighted by Gasteiger charge is -2.18. The van der Waals surface area contributed by atoms with Gasteiger partial charge in [-0.25, -0.2) is 0 Å². The lowest BCUT2D eigenvalue weighted by Crippen LogP contribution is -2.38. The topological polar surface area (TPSA) is 78.5 Å². The van der Waals surface area contributed by atoms with E-state index < -0.39 is 0 Å². The van der Waals surface area contributed by atoms with Crippen LogP contribution in [0.3, 0.4) is 0 Å². The molecule has 1 saturated heterocycles. The summed E-state index contributed by atoms with van der Waals surface area (Å²) < 4.78 is 0. The maximum absolute atomic E-state index is 12.5. The quantitative estimate of drug-likeness (QED) is 0.740. The number of nitrogens with one attached hydrogen (secondary N) is 2. The Morgan fingerprint density at radius 3 is 2.55 bits per heavy atom. The molecule has 2 N–H and O–H groups in total. The molecule has 2 aromatic carbocycles. The third kappa shape index (κ3) is 4.31. The molecular weight excluding hydrogens is 366 g/mol. The Bertz CT molecular complexity index is 926. The van der Waals surface area contributed by atoms with Crippen molar-refractivity contribution in [1.82, 2.24) is 10.6 Å². The van der Waals surface area contributed by atoms with E-state index in [1.807, 2.05) is 12.1 Å². The van der Waals surface area contributed by atoms with Crippen molar-refractivity contribution in [2.75, 3.05) is 24.5 Å². The lowest BCUT2D eigenvalue weighted by atomic mass is 10.1. The van der Waals surface area contributed by atoms with Crippen molar-refractivity contribution in [3.8, 4) is 0 Å². The summed E-state index contributed by atoms with van der Waals surface area (Å²) in [5.41, 5.74) is 4.16. The molecule has 29 heavy (non-hydrogen) atoms. The van der Waals surface area contributed by atoms with Crippen LogP contribution in [0.15, 0.2) is 48.5 Å². The van der Waals surface area contributed by atoms with Crippen molar-refractivity contribution in [3.05, 3.63) is 65.2 Å². The van der Waals surface area contributed by atoms with E-state index in [2.05, 4.69) is 22.8 Å². The molecular formula is C23H25N3O3. The van der Waals surface area contributed by atoms with Crippen LogP contribution in [0.2, 0.25) is 0 Å². The summed E-state index contributed by atoms with van der Waals surface area (Å²) in [5, 5.41) is 5.61. The van der Waals surface area contributed by atoms with Crippen molar-refractivity contribution in [2.45, 2.75) is 25.7 Å². The van der Waals surface area contributed by atoms with E-state index in [1.165, 1.54) is 17.5 Å². The van der Waals surface area contributed by atoms with Crippen LogP contribution in [0.1, 0.15) is 34.3 Å². The van der Waals surface area contributed by atoms with Gasteiger partial charge < -0.3 is 15.5 Å². The van der Waals surface area contributed by atoms with Gasteiger partial charge in [-0.1, -0.05) is 24.3 Å². The minimum atomic E-state index is -0.361. The van der Waals surface area contributed by atoms with Gasteiger partial charge in [0.15, 0.2) is 0 Å². The van der Waals surface area contributed by atoms with Crippen molar-refractivity contribution in [2.24, 2.45) is 5.92 Å². The Balaban J connectivity index is 1.26. The molecule has 1 aliphatic carbocycles. The van der Waals surface area contributed by atoms with E-state index in [0.29, 0.717) is 25.2 Å². The van der Waals surface area contributed by atoms with Crippen LogP contribution in [0.25, 0.3) is 0 Å². The van der Waals surface area contributed by atoms with Crippen molar-refractivity contribution in [3.63, 3.8) is 0 Å². The molecule has 1 fully saturated rings. The van der Waals surface area contributed by atoms with Gasteiger partial charge in [0.1, 0.15) is 0 Å². The van der Waals surface area contributed by atoms with Crippen molar-refractivity contribution in [1.29, 1.82) is 0 Å².